The molecule has 1 saturated heterocycles. The maximum Gasteiger partial charge on any atom is 0.222 e. The highest BCUT2D eigenvalue weighted by Crippen LogP contribution is 2.39. The molecule has 1 aromatic heterocycles. The normalized spacial score (nSPS) is 27.7. The van der Waals surface area contributed by atoms with Gasteiger partial charge < -0.3 is 14.6 Å². The number of rotatable bonds is 6. The van der Waals surface area contributed by atoms with E-state index in [2.05, 4.69) is 17.0 Å². The molecule has 0 radical (unpaired) electrons. The lowest BCUT2D eigenvalue weighted by Gasteiger charge is -2.47. The molecule has 3 rings (SSSR count). The number of piperidine rings is 1. The standard InChI is InChI=1S/C19H30N2O2/c22-18(9-2-1-5-12-20-13-6-7-14-20)21-15-11-19(23)10-4-3-8-17(19)16-21/h6-7,13-14,17,23H,1-5,8-12,15-16H2. The van der Waals surface area contributed by atoms with Crippen molar-refractivity contribution in [1.29, 1.82) is 0 Å². The van der Waals surface area contributed by atoms with E-state index in [-0.39, 0.29) is 0 Å². The van der Waals surface area contributed by atoms with Crippen molar-refractivity contribution in [2.45, 2.75) is 69.9 Å². The second-order valence-corrected chi connectivity index (χ2v) is 7.37. The average molecular weight is 318 g/mol. The fourth-order valence-corrected chi connectivity index (χ4v) is 4.22. The highest BCUT2D eigenvalue weighted by atomic mass is 16.3. The zero-order valence-corrected chi connectivity index (χ0v) is 14.1. The predicted molar refractivity (Wildman–Crippen MR) is 91.0 cm³/mol. The number of aromatic nitrogens is 1. The van der Waals surface area contributed by atoms with Crippen molar-refractivity contribution < 1.29 is 9.90 Å². The lowest BCUT2D eigenvalue weighted by Crippen LogP contribution is -2.54. The van der Waals surface area contributed by atoms with E-state index >= 15 is 0 Å². The third-order valence-corrected chi connectivity index (χ3v) is 5.75. The Labute approximate surface area is 139 Å². The summed E-state index contributed by atoms with van der Waals surface area (Å²) >= 11 is 0. The lowest BCUT2D eigenvalue weighted by molar-refractivity contribution is -0.143. The summed E-state index contributed by atoms with van der Waals surface area (Å²) in [6.45, 7) is 2.56. The van der Waals surface area contributed by atoms with E-state index in [0.717, 1.165) is 64.6 Å². The first kappa shape index (κ1) is 16.6. The van der Waals surface area contributed by atoms with Crippen LogP contribution < -0.4 is 0 Å². The third kappa shape index (κ3) is 4.17. The van der Waals surface area contributed by atoms with Crippen LogP contribution in [0.5, 0.6) is 0 Å². The minimum Gasteiger partial charge on any atom is -0.389 e. The van der Waals surface area contributed by atoms with Crippen LogP contribution in [-0.4, -0.2) is 39.2 Å². The minimum absolute atomic E-state index is 0.290. The maximum absolute atomic E-state index is 12.4. The number of hydrogen-bond acceptors (Lipinski definition) is 2. The van der Waals surface area contributed by atoms with Gasteiger partial charge in [0.25, 0.3) is 0 Å². The molecule has 0 aromatic carbocycles. The first-order chi connectivity index (χ1) is 11.2. The Hall–Kier alpha value is -1.29. The maximum atomic E-state index is 12.4. The number of unbranched alkanes of at least 4 members (excludes halogenated alkanes) is 2. The molecule has 1 saturated carbocycles. The Balaban J connectivity index is 1.35. The van der Waals surface area contributed by atoms with Crippen LogP contribution in [-0.2, 0) is 11.3 Å². The first-order valence-electron chi connectivity index (χ1n) is 9.28. The number of likely N-dealkylation sites (tertiary alicyclic amines) is 1. The Morgan fingerprint density at radius 2 is 1.96 bits per heavy atom. The summed E-state index contributed by atoms with van der Waals surface area (Å²) in [6, 6.07) is 4.10. The molecule has 2 aliphatic rings. The summed E-state index contributed by atoms with van der Waals surface area (Å²) in [4.78, 5) is 14.4. The number of amides is 1. The molecule has 2 unspecified atom stereocenters. The van der Waals surface area contributed by atoms with E-state index in [1.165, 1.54) is 6.42 Å². The van der Waals surface area contributed by atoms with Crippen LogP contribution in [0.4, 0.5) is 0 Å². The molecule has 23 heavy (non-hydrogen) atoms. The van der Waals surface area contributed by atoms with E-state index in [1.54, 1.807) is 0 Å². The minimum atomic E-state index is -0.480. The smallest absolute Gasteiger partial charge is 0.222 e. The summed E-state index contributed by atoms with van der Waals surface area (Å²) in [6.07, 6.45) is 13.2. The van der Waals surface area contributed by atoms with Gasteiger partial charge in [0, 0.05) is 44.4 Å². The van der Waals surface area contributed by atoms with Gasteiger partial charge in [-0.2, -0.15) is 0 Å². The van der Waals surface area contributed by atoms with Crippen LogP contribution in [0.3, 0.4) is 0 Å². The van der Waals surface area contributed by atoms with Crippen LogP contribution in [0.25, 0.3) is 0 Å². The molecule has 2 fully saturated rings. The van der Waals surface area contributed by atoms with E-state index in [1.807, 2.05) is 17.0 Å². The van der Waals surface area contributed by atoms with Crippen molar-refractivity contribution in [1.82, 2.24) is 9.47 Å². The molecule has 2 heterocycles. The summed E-state index contributed by atoms with van der Waals surface area (Å²) in [7, 11) is 0. The third-order valence-electron chi connectivity index (χ3n) is 5.75. The number of carbonyl (C=O) groups excluding carboxylic acids is 1. The van der Waals surface area contributed by atoms with Crippen LogP contribution in [0.1, 0.15) is 57.8 Å². The first-order valence-corrected chi connectivity index (χ1v) is 9.28. The molecule has 128 valence electrons. The topological polar surface area (TPSA) is 45.5 Å². The molecule has 4 heteroatoms. The predicted octanol–water partition coefficient (Wildman–Crippen LogP) is 3.20. The summed E-state index contributed by atoms with van der Waals surface area (Å²) < 4.78 is 2.19. The van der Waals surface area contributed by atoms with Crippen molar-refractivity contribution in [3.63, 3.8) is 0 Å². The molecule has 0 bridgehead atoms. The Bertz CT molecular complexity index is 499. The number of hydrogen-bond donors (Lipinski definition) is 1. The summed E-state index contributed by atoms with van der Waals surface area (Å²) in [5.74, 6) is 0.598. The SMILES string of the molecule is O=C(CCCCCn1cccc1)N1CCC2(O)CCCCC2C1. The molecule has 0 spiro atoms. The second-order valence-electron chi connectivity index (χ2n) is 7.37. The Morgan fingerprint density at radius 3 is 2.78 bits per heavy atom. The molecule has 2 atom stereocenters. The molecule has 4 nitrogen and oxygen atoms in total. The number of nitrogens with zero attached hydrogens (tertiary/aromatic N) is 2. The van der Waals surface area contributed by atoms with Crippen molar-refractivity contribution >= 4 is 5.91 Å². The number of aryl methyl sites for hydroxylation is 1. The van der Waals surface area contributed by atoms with Gasteiger partial charge >= 0.3 is 0 Å². The molecule has 1 N–H and O–H groups in total. The van der Waals surface area contributed by atoms with Gasteiger partial charge in [0.1, 0.15) is 0 Å². The number of fused-ring (bicyclic) bond motifs is 1. The Kier molecular flexibility index (Phi) is 5.42. The van der Waals surface area contributed by atoms with Crippen molar-refractivity contribution in [3.8, 4) is 0 Å². The van der Waals surface area contributed by atoms with Crippen molar-refractivity contribution in [2.75, 3.05) is 13.1 Å². The molecular weight excluding hydrogens is 288 g/mol. The van der Waals surface area contributed by atoms with E-state index in [9.17, 15) is 9.90 Å². The van der Waals surface area contributed by atoms with Crippen LogP contribution in [0, 0.1) is 5.92 Å². The van der Waals surface area contributed by atoms with Crippen molar-refractivity contribution in [3.05, 3.63) is 24.5 Å². The van der Waals surface area contributed by atoms with Gasteiger partial charge in [0.05, 0.1) is 5.60 Å². The summed E-state index contributed by atoms with van der Waals surface area (Å²) in [5, 5.41) is 10.7. The lowest BCUT2D eigenvalue weighted by atomic mass is 9.71. The number of carbonyl (C=O) groups is 1. The molecule has 1 amide bonds. The van der Waals surface area contributed by atoms with Gasteiger partial charge in [-0.25, -0.2) is 0 Å². The van der Waals surface area contributed by atoms with Crippen LogP contribution in [0.15, 0.2) is 24.5 Å². The highest BCUT2D eigenvalue weighted by molar-refractivity contribution is 5.76. The van der Waals surface area contributed by atoms with Crippen LogP contribution >= 0.6 is 0 Å². The molecular formula is C19H30N2O2. The van der Waals surface area contributed by atoms with Crippen molar-refractivity contribution in [2.24, 2.45) is 5.92 Å². The average Bonchev–Trinajstić information content (AvgIpc) is 3.07. The van der Waals surface area contributed by atoms with Gasteiger partial charge in [-0.1, -0.05) is 19.3 Å². The molecule has 1 aliphatic heterocycles. The van der Waals surface area contributed by atoms with Gasteiger partial charge in [0.2, 0.25) is 5.91 Å². The van der Waals surface area contributed by atoms with Gasteiger partial charge in [0.15, 0.2) is 0 Å². The van der Waals surface area contributed by atoms with E-state index in [0.29, 0.717) is 18.2 Å². The van der Waals surface area contributed by atoms with E-state index in [4.69, 9.17) is 0 Å². The zero-order valence-electron chi connectivity index (χ0n) is 14.1. The second kappa shape index (κ2) is 7.52. The quantitative estimate of drug-likeness (QED) is 0.819. The van der Waals surface area contributed by atoms with Gasteiger partial charge in [-0.15, -0.1) is 0 Å². The largest absolute Gasteiger partial charge is 0.389 e. The fraction of sp³-hybridized carbons (Fsp3) is 0.737. The molecule has 1 aromatic rings. The zero-order chi connectivity index (χ0) is 16.1. The monoisotopic (exact) mass is 318 g/mol. The highest BCUT2D eigenvalue weighted by Gasteiger charge is 2.43. The Morgan fingerprint density at radius 1 is 1.13 bits per heavy atom. The molecule has 1 aliphatic carbocycles. The summed E-state index contributed by atoms with van der Waals surface area (Å²) in [5.41, 5.74) is -0.480. The van der Waals surface area contributed by atoms with E-state index < -0.39 is 5.60 Å². The van der Waals surface area contributed by atoms with Gasteiger partial charge in [-0.05, 0) is 44.2 Å². The van der Waals surface area contributed by atoms with Crippen LogP contribution in [0.2, 0.25) is 0 Å². The van der Waals surface area contributed by atoms with Gasteiger partial charge in [-0.3, -0.25) is 4.79 Å². The fourth-order valence-electron chi connectivity index (χ4n) is 4.22. The number of aliphatic hydroxyl groups is 1.